The van der Waals surface area contributed by atoms with Crippen molar-refractivity contribution < 1.29 is 0 Å². The van der Waals surface area contributed by atoms with Gasteiger partial charge in [-0.2, -0.15) is 0 Å². The summed E-state index contributed by atoms with van der Waals surface area (Å²) in [5.74, 6) is 0. The molecule has 0 bridgehead atoms. The van der Waals surface area contributed by atoms with Crippen LogP contribution >= 0.6 is 44.3 Å². The summed E-state index contributed by atoms with van der Waals surface area (Å²) in [5.41, 5.74) is -0.110. The van der Waals surface area contributed by atoms with E-state index in [0.717, 1.165) is 0 Å². The van der Waals surface area contributed by atoms with Gasteiger partial charge in [-0.05, 0) is 20.8 Å². The van der Waals surface area contributed by atoms with E-state index in [1.165, 1.54) is 0 Å². The molecule has 0 spiro atoms. The van der Waals surface area contributed by atoms with Gasteiger partial charge in [-0.3, -0.25) is 4.23 Å². The second-order valence-corrected chi connectivity index (χ2v) is 12.3. The van der Waals surface area contributed by atoms with Gasteiger partial charge < -0.3 is 0 Å². The zero-order valence-corrected chi connectivity index (χ0v) is 11.9. The van der Waals surface area contributed by atoms with Crippen LogP contribution in [0.25, 0.3) is 0 Å². The van der Waals surface area contributed by atoms with Crippen LogP contribution in [0.3, 0.4) is 0 Å². The third-order valence-corrected chi connectivity index (χ3v) is 10.2. The van der Waals surface area contributed by atoms with Gasteiger partial charge in [0, 0.05) is 5.54 Å². The molecular formula is C4H11Cl4NSi2. The van der Waals surface area contributed by atoms with Crippen molar-refractivity contribution in [2.45, 2.75) is 26.3 Å². The van der Waals surface area contributed by atoms with Crippen molar-refractivity contribution in [3.05, 3.63) is 0 Å². The molecule has 0 aliphatic heterocycles. The van der Waals surface area contributed by atoms with Crippen LogP contribution in [0.4, 0.5) is 0 Å². The molecule has 0 aromatic heterocycles. The van der Waals surface area contributed by atoms with E-state index in [1.54, 1.807) is 0 Å². The second kappa shape index (κ2) is 4.70. The molecule has 0 unspecified atom stereocenters. The minimum absolute atomic E-state index is 0.110. The van der Waals surface area contributed by atoms with E-state index < -0.39 is 15.2 Å². The van der Waals surface area contributed by atoms with Gasteiger partial charge >= 0.3 is 15.2 Å². The van der Waals surface area contributed by atoms with Gasteiger partial charge in [-0.15, -0.1) is 44.3 Å². The Labute approximate surface area is 89.7 Å². The maximum Gasteiger partial charge on any atom is 0.305 e. The van der Waals surface area contributed by atoms with Crippen molar-refractivity contribution in [1.29, 1.82) is 0 Å². The van der Waals surface area contributed by atoms with Crippen molar-refractivity contribution >= 4 is 59.5 Å². The number of nitrogens with zero attached hydrogens (tertiary/aromatic N) is 1. The van der Waals surface area contributed by atoms with Crippen LogP contribution in [-0.4, -0.2) is 24.9 Å². The molecule has 0 atom stereocenters. The van der Waals surface area contributed by atoms with Crippen LogP contribution < -0.4 is 0 Å². The minimum Gasteiger partial charge on any atom is -0.298 e. The fourth-order valence-corrected chi connectivity index (χ4v) is 12.2. The molecule has 0 amide bonds. The predicted molar refractivity (Wildman–Crippen MR) is 59.3 cm³/mol. The lowest BCUT2D eigenvalue weighted by molar-refractivity contribution is 0.379. The van der Waals surface area contributed by atoms with Crippen molar-refractivity contribution in [3.8, 4) is 0 Å². The van der Waals surface area contributed by atoms with Crippen LogP contribution in [-0.2, 0) is 0 Å². The Morgan fingerprint density at radius 2 is 1.18 bits per heavy atom. The van der Waals surface area contributed by atoms with Crippen LogP contribution in [0.2, 0.25) is 0 Å². The summed E-state index contributed by atoms with van der Waals surface area (Å²) in [6.45, 7) is 6.01. The normalized spacial score (nSPS) is 13.6. The summed E-state index contributed by atoms with van der Waals surface area (Å²) in [6, 6.07) is 0. The Balaban J connectivity index is 4.35. The van der Waals surface area contributed by atoms with E-state index in [0.29, 0.717) is 0 Å². The van der Waals surface area contributed by atoms with E-state index in [1.807, 2.05) is 25.0 Å². The molecule has 11 heavy (non-hydrogen) atoms. The largest absolute Gasteiger partial charge is 0.305 e. The average Bonchev–Trinajstić information content (AvgIpc) is 1.54. The number of halogens is 4. The van der Waals surface area contributed by atoms with E-state index in [2.05, 4.69) is 0 Å². The summed E-state index contributed by atoms with van der Waals surface area (Å²) in [4.78, 5) is 0. The molecule has 0 aromatic rings. The molecule has 0 N–H and O–H groups in total. The van der Waals surface area contributed by atoms with E-state index in [-0.39, 0.29) is 5.54 Å². The first-order valence-corrected chi connectivity index (χ1v) is 11.1. The highest BCUT2D eigenvalue weighted by molar-refractivity contribution is 7.42. The van der Waals surface area contributed by atoms with E-state index in [4.69, 9.17) is 44.3 Å². The van der Waals surface area contributed by atoms with Gasteiger partial charge in [0.25, 0.3) is 0 Å². The highest BCUT2D eigenvalue weighted by Gasteiger charge is 2.33. The highest BCUT2D eigenvalue weighted by atomic mass is 35.7. The Morgan fingerprint density at radius 1 is 0.909 bits per heavy atom. The lowest BCUT2D eigenvalue weighted by Crippen LogP contribution is -2.51. The Bertz CT molecular complexity index is 116. The third kappa shape index (κ3) is 4.36. The van der Waals surface area contributed by atoms with Crippen molar-refractivity contribution in [2.75, 3.05) is 0 Å². The Hall–Kier alpha value is 1.55. The van der Waals surface area contributed by atoms with Gasteiger partial charge in [0.05, 0.1) is 0 Å². The molecule has 0 aromatic carbocycles. The molecule has 0 saturated heterocycles. The average molecular weight is 271 g/mol. The molecule has 0 heterocycles. The van der Waals surface area contributed by atoms with Crippen molar-refractivity contribution in [3.63, 3.8) is 0 Å². The van der Waals surface area contributed by atoms with Crippen LogP contribution in [0.1, 0.15) is 20.8 Å². The zero-order valence-electron chi connectivity index (χ0n) is 6.61. The third-order valence-electron chi connectivity index (χ3n) is 1.20. The summed E-state index contributed by atoms with van der Waals surface area (Å²) >= 11 is 23.3. The summed E-state index contributed by atoms with van der Waals surface area (Å²) in [6.07, 6.45) is 0. The fourth-order valence-electron chi connectivity index (χ4n) is 0.671. The molecule has 0 saturated carbocycles. The van der Waals surface area contributed by atoms with E-state index >= 15 is 0 Å². The minimum atomic E-state index is -1.89. The fraction of sp³-hybridized carbons (Fsp3) is 1.00. The number of hydrogen-bond donors (Lipinski definition) is 0. The van der Waals surface area contributed by atoms with Crippen molar-refractivity contribution in [1.82, 2.24) is 4.23 Å². The summed E-state index contributed by atoms with van der Waals surface area (Å²) in [7, 11) is -3.79. The first-order chi connectivity index (χ1) is 4.76. The van der Waals surface area contributed by atoms with Gasteiger partial charge in [-0.25, -0.2) is 0 Å². The molecular weight excluding hydrogens is 260 g/mol. The van der Waals surface area contributed by atoms with E-state index in [9.17, 15) is 0 Å². The topological polar surface area (TPSA) is 3.24 Å². The Kier molecular flexibility index (Phi) is 5.36. The standard InChI is InChI=1S/C4H11Cl4NSi2/c1-4(2,3)9(10(5)6)11(7)8/h10-11H,1-3H3. The highest BCUT2D eigenvalue weighted by Crippen LogP contribution is 2.23. The maximum absolute atomic E-state index is 5.82. The molecule has 0 fully saturated rings. The van der Waals surface area contributed by atoms with Gasteiger partial charge in [0.2, 0.25) is 0 Å². The Morgan fingerprint density at radius 3 is 1.18 bits per heavy atom. The summed E-state index contributed by atoms with van der Waals surface area (Å²) < 4.78 is 1.86. The van der Waals surface area contributed by atoms with Crippen LogP contribution in [0, 0.1) is 0 Å². The lowest BCUT2D eigenvalue weighted by Gasteiger charge is -2.36. The van der Waals surface area contributed by atoms with Gasteiger partial charge in [0.1, 0.15) is 0 Å². The number of hydrogen-bond acceptors (Lipinski definition) is 1. The monoisotopic (exact) mass is 269 g/mol. The van der Waals surface area contributed by atoms with Crippen LogP contribution in [0.5, 0.6) is 0 Å². The zero-order chi connectivity index (χ0) is 9.23. The maximum atomic E-state index is 5.82. The number of rotatable bonds is 2. The summed E-state index contributed by atoms with van der Waals surface area (Å²) in [5, 5.41) is 0. The SMILES string of the molecule is CC(C)(C)N([SiH](Cl)Cl)[SiH](Cl)Cl. The molecule has 0 aliphatic carbocycles. The predicted octanol–water partition coefficient (Wildman–Crippen LogP) is 2.48. The van der Waals surface area contributed by atoms with Crippen LogP contribution in [0.15, 0.2) is 0 Å². The van der Waals surface area contributed by atoms with Crippen molar-refractivity contribution in [2.24, 2.45) is 0 Å². The molecule has 1 nitrogen and oxygen atoms in total. The molecule has 7 heteroatoms. The smallest absolute Gasteiger partial charge is 0.298 e. The molecule has 0 rings (SSSR count). The van der Waals surface area contributed by atoms with Gasteiger partial charge in [0.15, 0.2) is 0 Å². The second-order valence-electron chi connectivity index (χ2n) is 3.13. The quantitative estimate of drug-likeness (QED) is 0.551. The lowest BCUT2D eigenvalue weighted by atomic mass is 10.1. The first kappa shape index (κ1) is 12.6. The molecule has 68 valence electrons. The van der Waals surface area contributed by atoms with Gasteiger partial charge in [-0.1, -0.05) is 0 Å². The first-order valence-electron chi connectivity index (χ1n) is 3.11. The molecule has 0 aliphatic rings. The molecule has 0 radical (unpaired) electrons.